The van der Waals surface area contributed by atoms with Crippen LogP contribution in [0.3, 0.4) is 0 Å². The quantitative estimate of drug-likeness (QED) is 0.889. The van der Waals surface area contributed by atoms with Crippen molar-refractivity contribution in [3.8, 4) is 0 Å². The zero-order valence-electron chi connectivity index (χ0n) is 11.2. The summed E-state index contributed by atoms with van der Waals surface area (Å²) in [5.41, 5.74) is 0.894. The first kappa shape index (κ1) is 13.9. The highest BCUT2D eigenvalue weighted by Gasteiger charge is 2.18. The summed E-state index contributed by atoms with van der Waals surface area (Å²) in [5.74, 6) is 0.856. The molecule has 5 heteroatoms. The lowest BCUT2D eigenvalue weighted by Gasteiger charge is -2.29. The Morgan fingerprint density at radius 3 is 2.78 bits per heavy atom. The lowest BCUT2D eigenvalue weighted by atomic mass is 9.99. The van der Waals surface area contributed by atoms with Gasteiger partial charge in [-0.25, -0.2) is 4.98 Å². The molecule has 0 unspecified atom stereocenters. The summed E-state index contributed by atoms with van der Waals surface area (Å²) in [4.78, 5) is 7.97. The minimum atomic E-state index is 0.0629. The van der Waals surface area contributed by atoms with Crippen LogP contribution in [0.25, 0.3) is 0 Å². The van der Waals surface area contributed by atoms with Gasteiger partial charge >= 0.3 is 0 Å². The van der Waals surface area contributed by atoms with Gasteiger partial charge in [0.05, 0.1) is 30.3 Å². The third-order valence-corrected chi connectivity index (χ3v) is 4.55. The number of aliphatic hydroxyl groups is 1. The Balaban J connectivity index is 1.96. The molecule has 2 heterocycles. The molecule has 18 heavy (non-hydrogen) atoms. The number of hydrogen-bond acceptors (Lipinski definition) is 5. The number of aliphatic hydroxyl groups excluding tert-OH is 1. The van der Waals surface area contributed by atoms with Gasteiger partial charge in [-0.1, -0.05) is 6.92 Å². The van der Waals surface area contributed by atoms with E-state index < -0.39 is 0 Å². The monoisotopic (exact) mass is 270 g/mol. The number of nitrogens with zero attached hydrogens (tertiary/aromatic N) is 2. The molecule has 1 aliphatic rings. The van der Waals surface area contributed by atoms with Crippen LogP contribution < -0.4 is 0 Å². The summed E-state index contributed by atoms with van der Waals surface area (Å²) in [7, 11) is 1.66. The third kappa shape index (κ3) is 3.51. The van der Waals surface area contributed by atoms with E-state index >= 15 is 0 Å². The first-order valence-corrected chi connectivity index (χ1v) is 7.34. The van der Waals surface area contributed by atoms with Gasteiger partial charge in [-0.15, -0.1) is 11.3 Å². The van der Waals surface area contributed by atoms with Gasteiger partial charge in [-0.05, 0) is 31.8 Å². The summed E-state index contributed by atoms with van der Waals surface area (Å²) in [5, 5.41) is 10.4. The van der Waals surface area contributed by atoms with Gasteiger partial charge in [-0.2, -0.15) is 0 Å². The topological polar surface area (TPSA) is 45.6 Å². The fourth-order valence-electron chi connectivity index (χ4n) is 2.29. The molecule has 1 saturated heterocycles. The van der Waals surface area contributed by atoms with Gasteiger partial charge in [0.2, 0.25) is 0 Å². The minimum absolute atomic E-state index is 0.0629. The lowest BCUT2D eigenvalue weighted by Crippen LogP contribution is -2.32. The van der Waals surface area contributed by atoms with Crippen molar-refractivity contribution in [1.29, 1.82) is 0 Å². The number of piperidine rings is 1. The normalized spacial score (nSPS) is 18.4. The van der Waals surface area contributed by atoms with Crippen LogP contribution >= 0.6 is 11.3 Å². The van der Waals surface area contributed by atoms with Gasteiger partial charge in [0.1, 0.15) is 5.01 Å². The average molecular weight is 270 g/mol. The van der Waals surface area contributed by atoms with Crippen LogP contribution in [-0.2, 0) is 24.5 Å². The van der Waals surface area contributed by atoms with Crippen LogP contribution in [0.1, 0.15) is 35.3 Å². The smallest absolute Gasteiger partial charge is 0.107 e. The number of rotatable bonds is 5. The minimum Gasteiger partial charge on any atom is -0.391 e. The van der Waals surface area contributed by atoms with Gasteiger partial charge in [0, 0.05) is 7.11 Å². The summed E-state index contributed by atoms with van der Waals surface area (Å²) in [6.45, 7) is 6.11. The zero-order valence-corrected chi connectivity index (χ0v) is 12.0. The molecule has 0 atom stereocenters. The van der Waals surface area contributed by atoms with E-state index in [1.165, 1.54) is 12.8 Å². The predicted molar refractivity (Wildman–Crippen MR) is 72.4 cm³/mol. The molecule has 2 rings (SSSR count). The molecule has 1 aliphatic heterocycles. The van der Waals surface area contributed by atoms with Crippen molar-refractivity contribution in [1.82, 2.24) is 9.88 Å². The maximum Gasteiger partial charge on any atom is 0.107 e. The standard InChI is InChI=1S/C13H22N2O2S/c1-10-3-5-15(6-4-10)7-13-14-11(9-17-2)12(8-16)18-13/h10,16H,3-9H2,1-2H3. The Hall–Kier alpha value is -0.490. The van der Waals surface area contributed by atoms with Crippen LogP contribution in [0.5, 0.6) is 0 Å². The molecule has 0 bridgehead atoms. The fraction of sp³-hybridized carbons (Fsp3) is 0.769. The molecule has 1 aromatic heterocycles. The van der Waals surface area contributed by atoms with Gasteiger partial charge in [-0.3, -0.25) is 4.90 Å². The number of aromatic nitrogens is 1. The first-order valence-electron chi connectivity index (χ1n) is 6.52. The number of likely N-dealkylation sites (tertiary alicyclic amines) is 1. The van der Waals surface area contributed by atoms with Crippen molar-refractivity contribution in [2.75, 3.05) is 20.2 Å². The Morgan fingerprint density at radius 1 is 1.44 bits per heavy atom. The summed E-state index contributed by atoms with van der Waals surface area (Å²) >= 11 is 1.61. The molecule has 1 N–H and O–H groups in total. The average Bonchev–Trinajstić information content (AvgIpc) is 2.75. The van der Waals surface area contributed by atoms with E-state index in [1.807, 2.05) is 0 Å². The van der Waals surface area contributed by atoms with Gasteiger partial charge < -0.3 is 9.84 Å². The molecular weight excluding hydrogens is 248 g/mol. The second-order valence-corrected chi connectivity index (χ2v) is 6.20. The maximum atomic E-state index is 9.30. The van der Waals surface area contributed by atoms with Crippen LogP contribution in [0.4, 0.5) is 0 Å². The molecular formula is C13H22N2O2S. The maximum absolute atomic E-state index is 9.30. The summed E-state index contributed by atoms with van der Waals surface area (Å²) in [6, 6.07) is 0. The van der Waals surface area contributed by atoms with Crippen molar-refractivity contribution in [3.05, 3.63) is 15.6 Å². The van der Waals surface area contributed by atoms with E-state index in [-0.39, 0.29) is 6.61 Å². The molecule has 0 spiro atoms. The van der Waals surface area contributed by atoms with Crippen molar-refractivity contribution >= 4 is 11.3 Å². The zero-order chi connectivity index (χ0) is 13.0. The number of methoxy groups -OCH3 is 1. The van der Waals surface area contributed by atoms with E-state index in [4.69, 9.17) is 4.74 Å². The second-order valence-electron chi connectivity index (χ2n) is 5.03. The van der Waals surface area contributed by atoms with Crippen molar-refractivity contribution < 1.29 is 9.84 Å². The van der Waals surface area contributed by atoms with E-state index in [2.05, 4.69) is 16.8 Å². The highest BCUT2D eigenvalue weighted by molar-refractivity contribution is 7.11. The highest BCUT2D eigenvalue weighted by Crippen LogP contribution is 2.23. The summed E-state index contributed by atoms with van der Waals surface area (Å²) in [6.07, 6.45) is 2.56. The Labute approximate surface area is 113 Å². The number of hydrogen-bond donors (Lipinski definition) is 1. The highest BCUT2D eigenvalue weighted by atomic mass is 32.1. The molecule has 102 valence electrons. The van der Waals surface area contributed by atoms with Gasteiger partial charge in [0.15, 0.2) is 0 Å². The predicted octanol–water partition coefficient (Wildman–Crippen LogP) is 2.01. The Bertz CT molecular complexity index is 373. The summed E-state index contributed by atoms with van der Waals surface area (Å²) < 4.78 is 5.11. The van der Waals surface area contributed by atoms with Crippen LogP contribution in [0.2, 0.25) is 0 Å². The van der Waals surface area contributed by atoms with E-state index in [1.54, 1.807) is 18.4 Å². The molecule has 4 nitrogen and oxygen atoms in total. The second kappa shape index (κ2) is 6.61. The molecule has 0 aromatic carbocycles. The lowest BCUT2D eigenvalue weighted by molar-refractivity contribution is 0.176. The van der Waals surface area contributed by atoms with Gasteiger partial charge in [0.25, 0.3) is 0 Å². The molecule has 0 amide bonds. The van der Waals surface area contributed by atoms with Crippen molar-refractivity contribution in [3.63, 3.8) is 0 Å². The van der Waals surface area contributed by atoms with Crippen molar-refractivity contribution in [2.24, 2.45) is 5.92 Å². The van der Waals surface area contributed by atoms with E-state index in [0.29, 0.717) is 6.61 Å². The van der Waals surface area contributed by atoms with Crippen molar-refractivity contribution in [2.45, 2.75) is 39.5 Å². The van der Waals surface area contributed by atoms with Crippen LogP contribution in [0.15, 0.2) is 0 Å². The molecule has 1 aromatic rings. The van der Waals surface area contributed by atoms with E-state index in [0.717, 1.165) is 41.1 Å². The Kier molecular flexibility index (Phi) is 5.12. The van der Waals surface area contributed by atoms with E-state index in [9.17, 15) is 5.11 Å². The first-order chi connectivity index (χ1) is 8.72. The molecule has 0 aliphatic carbocycles. The number of thiazole rings is 1. The third-order valence-electron chi connectivity index (χ3n) is 3.48. The fourth-order valence-corrected chi connectivity index (χ4v) is 3.26. The van der Waals surface area contributed by atoms with Crippen LogP contribution in [-0.4, -0.2) is 35.2 Å². The SMILES string of the molecule is COCc1nc(CN2CCC(C)CC2)sc1CO. The molecule has 0 saturated carbocycles. The molecule has 1 fully saturated rings. The largest absolute Gasteiger partial charge is 0.391 e. The van der Waals surface area contributed by atoms with Crippen LogP contribution in [0, 0.1) is 5.92 Å². The number of ether oxygens (including phenoxy) is 1. The molecule has 0 radical (unpaired) electrons. The Morgan fingerprint density at radius 2 is 2.17 bits per heavy atom.